The molecule has 1 rings (SSSR count). The van der Waals surface area contributed by atoms with Crippen LogP contribution in [0.5, 0.6) is 0 Å². The Hall–Kier alpha value is -3.10. The van der Waals surface area contributed by atoms with Gasteiger partial charge in [-0.25, -0.2) is 9.59 Å². The summed E-state index contributed by atoms with van der Waals surface area (Å²) in [4.78, 5) is 24.8. The lowest BCUT2D eigenvalue weighted by molar-refractivity contribution is -0.179. The van der Waals surface area contributed by atoms with Gasteiger partial charge in [-0.2, -0.15) is 0 Å². The minimum atomic E-state index is -2.18. The molecule has 0 saturated heterocycles. The molecule has 0 aliphatic rings. The van der Waals surface area contributed by atoms with E-state index in [1.165, 1.54) is 20.3 Å². The largest absolute Gasteiger partial charge is 0.463 e. The maximum atomic E-state index is 12.4. The van der Waals surface area contributed by atoms with Gasteiger partial charge >= 0.3 is 17.5 Å². The first-order valence-electron chi connectivity index (χ1n) is 9.29. The maximum Gasteiger partial charge on any atom is 0.363 e. The number of carbonyl (C=O) groups is 2. The quantitative estimate of drug-likeness (QED) is 0.201. The lowest BCUT2D eigenvalue weighted by Gasteiger charge is -2.22. The molecule has 30 heavy (non-hydrogen) atoms. The van der Waals surface area contributed by atoms with Gasteiger partial charge in [-0.3, -0.25) is 0 Å². The van der Waals surface area contributed by atoms with Crippen LogP contribution in [0.4, 0.5) is 0 Å². The summed E-state index contributed by atoms with van der Waals surface area (Å²) in [6, 6.07) is 9.31. The molecular weight excluding hydrogens is 388 g/mol. The zero-order valence-electron chi connectivity index (χ0n) is 17.7. The average molecular weight is 414 g/mol. The van der Waals surface area contributed by atoms with Crippen LogP contribution >= 0.6 is 0 Å². The molecule has 0 unspecified atom stereocenters. The highest BCUT2D eigenvalue weighted by Crippen LogP contribution is 2.16. The molecule has 1 aromatic rings. The molecular formula is C23H26O7. The van der Waals surface area contributed by atoms with E-state index in [-0.39, 0.29) is 26.6 Å². The zero-order valence-corrected chi connectivity index (χ0v) is 17.7. The van der Waals surface area contributed by atoms with Gasteiger partial charge < -0.3 is 23.7 Å². The van der Waals surface area contributed by atoms with Crippen LogP contribution in [0.25, 0.3) is 5.57 Å². The molecule has 0 atom stereocenters. The van der Waals surface area contributed by atoms with Crippen LogP contribution in [0, 0.1) is 23.7 Å². The van der Waals surface area contributed by atoms with Crippen molar-refractivity contribution in [1.29, 1.82) is 0 Å². The van der Waals surface area contributed by atoms with Crippen LogP contribution in [-0.2, 0) is 33.3 Å². The van der Waals surface area contributed by atoms with Gasteiger partial charge in [-0.1, -0.05) is 48.1 Å². The van der Waals surface area contributed by atoms with Crippen molar-refractivity contribution in [2.24, 2.45) is 0 Å². The Labute approximate surface area is 177 Å². The van der Waals surface area contributed by atoms with Crippen LogP contribution in [0.2, 0.25) is 0 Å². The number of hydrogen-bond donors (Lipinski definition) is 0. The maximum absolute atomic E-state index is 12.4. The molecule has 7 nitrogen and oxygen atoms in total. The summed E-state index contributed by atoms with van der Waals surface area (Å²) < 4.78 is 25.1. The molecule has 0 spiro atoms. The van der Waals surface area contributed by atoms with E-state index >= 15 is 0 Å². The second-order valence-electron chi connectivity index (χ2n) is 5.58. The van der Waals surface area contributed by atoms with E-state index in [1.807, 2.05) is 30.3 Å². The first-order valence-corrected chi connectivity index (χ1v) is 9.29. The van der Waals surface area contributed by atoms with Gasteiger partial charge in [-0.05, 0) is 25.3 Å². The average Bonchev–Trinajstić information content (AvgIpc) is 2.76. The smallest absolute Gasteiger partial charge is 0.363 e. The van der Waals surface area contributed by atoms with E-state index in [1.54, 1.807) is 13.8 Å². The van der Waals surface area contributed by atoms with Gasteiger partial charge in [0, 0.05) is 25.9 Å². The molecule has 0 fully saturated rings. The number of hydrogen-bond acceptors (Lipinski definition) is 7. The van der Waals surface area contributed by atoms with Crippen molar-refractivity contribution in [3.8, 4) is 23.7 Å². The summed E-state index contributed by atoms with van der Waals surface area (Å²) in [6.07, 6.45) is 1.49. The highest BCUT2D eigenvalue weighted by molar-refractivity contribution is 6.07. The fourth-order valence-corrected chi connectivity index (χ4v) is 2.20. The van der Waals surface area contributed by atoms with Crippen molar-refractivity contribution in [3.05, 3.63) is 42.0 Å². The fraction of sp³-hybridized carbons (Fsp3) is 0.391. The molecule has 0 heterocycles. The molecule has 160 valence electrons. The van der Waals surface area contributed by atoms with Gasteiger partial charge in [0.2, 0.25) is 0 Å². The summed E-state index contributed by atoms with van der Waals surface area (Å²) in [6.45, 7) is 3.65. The summed E-state index contributed by atoms with van der Waals surface area (Å²) in [5.74, 6) is 9.20. The van der Waals surface area contributed by atoms with Crippen molar-refractivity contribution in [1.82, 2.24) is 0 Å². The van der Waals surface area contributed by atoms with Gasteiger partial charge in [0.05, 0.1) is 13.2 Å². The van der Waals surface area contributed by atoms with Crippen molar-refractivity contribution in [2.45, 2.75) is 19.4 Å². The van der Waals surface area contributed by atoms with Crippen molar-refractivity contribution in [3.63, 3.8) is 0 Å². The topological polar surface area (TPSA) is 80.3 Å². The number of ether oxygens (including phenoxy) is 5. The third kappa shape index (κ3) is 7.38. The molecule has 0 N–H and O–H groups in total. The summed E-state index contributed by atoms with van der Waals surface area (Å²) in [5, 5.41) is 0. The number of rotatable bonds is 9. The number of allylic oxidation sites excluding steroid dienone is 2. The Balaban J connectivity index is 3.31. The van der Waals surface area contributed by atoms with Crippen molar-refractivity contribution < 1.29 is 33.3 Å². The second kappa shape index (κ2) is 14.0. The van der Waals surface area contributed by atoms with E-state index in [2.05, 4.69) is 23.7 Å². The predicted molar refractivity (Wildman–Crippen MR) is 111 cm³/mol. The highest BCUT2D eigenvalue weighted by Gasteiger charge is 2.48. The number of carbonyl (C=O) groups excluding carboxylic acids is 2. The summed E-state index contributed by atoms with van der Waals surface area (Å²) >= 11 is 0. The van der Waals surface area contributed by atoms with Crippen LogP contribution < -0.4 is 0 Å². The normalized spacial score (nSPS) is 10.9. The molecule has 0 aliphatic heterocycles. The van der Waals surface area contributed by atoms with Gasteiger partial charge in [0.1, 0.15) is 13.4 Å². The van der Waals surface area contributed by atoms with E-state index in [0.29, 0.717) is 5.57 Å². The van der Waals surface area contributed by atoms with Crippen molar-refractivity contribution >= 4 is 17.5 Å². The molecule has 0 aliphatic carbocycles. The standard InChI is InChI=1S/C23H26O7/c1-5-29-21(24)23(27-4,22(25)30-6-2)16-10-14-20(15-11-17-28-18-26-3)19-12-8-7-9-13-19/h7-9,12-14H,5-6,17-18H2,1-4H3/b20-14+. The number of methoxy groups -OCH3 is 2. The Bertz CT molecular complexity index is 817. The monoisotopic (exact) mass is 414 g/mol. The van der Waals surface area contributed by atoms with Crippen LogP contribution in [0.15, 0.2) is 36.4 Å². The summed E-state index contributed by atoms with van der Waals surface area (Å²) in [5.41, 5.74) is -0.803. The Morgan fingerprint density at radius 3 is 2.20 bits per heavy atom. The van der Waals surface area contributed by atoms with Gasteiger partial charge in [0.25, 0.3) is 0 Å². The molecule has 0 aromatic heterocycles. The Kier molecular flexibility index (Phi) is 11.6. The first-order chi connectivity index (χ1) is 14.6. The predicted octanol–water partition coefficient (Wildman–Crippen LogP) is 2.21. The minimum Gasteiger partial charge on any atom is -0.463 e. The Morgan fingerprint density at radius 1 is 1.03 bits per heavy atom. The van der Waals surface area contributed by atoms with E-state index in [0.717, 1.165) is 5.56 Å². The molecule has 0 radical (unpaired) electrons. The van der Waals surface area contributed by atoms with E-state index < -0.39 is 17.5 Å². The van der Waals surface area contributed by atoms with Crippen molar-refractivity contribution in [2.75, 3.05) is 40.8 Å². The van der Waals surface area contributed by atoms with Crippen LogP contribution in [0.3, 0.4) is 0 Å². The molecule has 0 bridgehead atoms. The SMILES string of the molecule is CCOC(=O)C(C#C/C=C(\C#CCOCOC)c1ccccc1)(OC)C(=O)OCC. The van der Waals surface area contributed by atoms with Crippen LogP contribution in [-0.4, -0.2) is 58.4 Å². The number of benzene rings is 1. The third-order valence-corrected chi connectivity index (χ3v) is 3.58. The number of esters is 2. The van der Waals surface area contributed by atoms with Crippen LogP contribution in [0.1, 0.15) is 19.4 Å². The minimum absolute atomic E-state index is 0.0586. The molecule has 7 heteroatoms. The van der Waals surface area contributed by atoms with E-state index in [9.17, 15) is 9.59 Å². The van der Waals surface area contributed by atoms with Gasteiger partial charge in [0.15, 0.2) is 0 Å². The summed E-state index contributed by atoms with van der Waals surface area (Å²) in [7, 11) is 2.71. The lowest BCUT2D eigenvalue weighted by Crippen LogP contribution is -2.49. The first kappa shape index (κ1) is 24.9. The molecule has 0 amide bonds. The molecule has 1 aromatic carbocycles. The highest BCUT2D eigenvalue weighted by atomic mass is 16.7. The lowest BCUT2D eigenvalue weighted by atomic mass is 10.0. The molecule has 0 saturated carbocycles. The van der Waals surface area contributed by atoms with E-state index in [4.69, 9.17) is 23.7 Å². The Morgan fingerprint density at radius 2 is 1.67 bits per heavy atom. The van der Waals surface area contributed by atoms with Gasteiger partial charge in [-0.15, -0.1) is 0 Å². The fourth-order valence-electron chi connectivity index (χ4n) is 2.20. The zero-order chi connectivity index (χ0) is 22.2. The third-order valence-electron chi connectivity index (χ3n) is 3.58. The second-order valence-corrected chi connectivity index (χ2v) is 5.58.